The van der Waals surface area contributed by atoms with Gasteiger partial charge in [-0.05, 0) is 19.1 Å². The van der Waals surface area contributed by atoms with Crippen LogP contribution >= 0.6 is 0 Å². The van der Waals surface area contributed by atoms with Crippen LogP contribution in [0.5, 0.6) is 0 Å². The Labute approximate surface area is 78.1 Å². The first-order valence-corrected chi connectivity index (χ1v) is 4.46. The largest absolute Gasteiger partial charge is 0.358 e. The summed E-state index contributed by atoms with van der Waals surface area (Å²) in [7, 11) is 2.06. The first-order valence-electron chi connectivity index (χ1n) is 4.46. The Bertz CT molecular complexity index is 327. The molecule has 0 unspecified atom stereocenters. The van der Waals surface area contributed by atoms with Crippen LogP contribution in [0, 0.1) is 6.92 Å². The Hall–Kier alpha value is -1.38. The summed E-state index contributed by atoms with van der Waals surface area (Å²) in [6.45, 7) is 3.91. The second kappa shape index (κ2) is 3.17. The molecule has 68 valence electrons. The lowest BCUT2D eigenvalue weighted by Gasteiger charge is -2.13. The number of amidine groups is 1. The molecule has 3 heteroatoms. The fraction of sp³-hybridized carbons (Fsp3) is 0.400. The summed E-state index contributed by atoms with van der Waals surface area (Å²) in [5.41, 5.74) is 2.16. The van der Waals surface area contributed by atoms with E-state index in [-0.39, 0.29) is 0 Å². The maximum absolute atomic E-state index is 4.42. The number of rotatable bonds is 1. The van der Waals surface area contributed by atoms with Crippen molar-refractivity contribution in [2.45, 2.75) is 6.92 Å². The molecule has 2 rings (SSSR count). The number of pyridine rings is 1. The van der Waals surface area contributed by atoms with Crippen molar-refractivity contribution in [1.82, 2.24) is 9.88 Å². The minimum absolute atomic E-state index is 0.902. The molecular formula is C10H13N3. The van der Waals surface area contributed by atoms with Gasteiger partial charge in [0, 0.05) is 31.0 Å². The fourth-order valence-corrected chi connectivity index (χ4v) is 1.44. The molecule has 0 N–H and O–H groups in total. The molecule has 0 radical (unpaired) electrons. The van der Waals surface area contributed by atoms with Crippen molar-refractivity contribution in [2.75, 3.05) is 20.1 Å². The Kier molecular flexibility index (Phi) is 2.00. The van der Waals surface area contributed by atoms with Crippen molar-refractivity contribution in [2.24, 2.45) is 4.99 Å². The molecule has 1 aliphatic rings. The quantitative estimate of drug-likeness (QED) is 0.639. The van der Waals surface area contributed by atoms with Crippen LogP contribution in [0.4, 0.5) is 0 Å². The second-order valence-corrected chi connectivity index (χ2v) is 3.32. The highest BCUT2D eigenvalue weighted by Gasteiger charge is 2.13. The molecule has 0 spiro atoms. The van der Waals surface area contributed by atoms with Crippen LogP contribution in [0.15, 0.2) is 23.3 Å². The first kappa shape index (κ1) is 8.23. The Balaban J connectivity index is 2.30. The number of nitrogens with zero attached hydrogens (tertiary/aromatic N) is 3. The summed E-state index contributed by atoms with van der Waals surface area (Å²) in [5, 5.41) is 0. The number of aliphatic imine (C=N–C) groups is 1. The van der Waals surface area contributed by atoms with E-state index in [9.17, 15) is 0 Å². The molecule has 0 aromatic carbocycles. The maximum Gasteiger partial charge on any atom is 0.132 e. The van der Waals surface area contributed by atoms with Gasteiger partial charge in [0.05, 0.1) is 6.54 Å². The van der Waals surface area contributed by atoms with Gasteiger partial charge in [0.2, 0.25) is 0 Å². The molecule has 1 aromatic rings. The SMILES string of the molecule is Cc1ccc(C2=NCCN2C)cn1. The minimum atomic E-state index is 0.902. The van der Waals surface area contributed by atoms with Gasteiger partial charge in [-0.15, -0.1) is 0 Å². The summed E-state index contributed by atoms with van der Waals surface area (Å²) in [6.07, 6.45) is 1.88. The van der Waals surface area contributed by atoms with Crippen LogP contribution in [0.25, 0.3) is 0 Å². The molecule has 0 fully saturated rings. The smallest absolute Gasteiger partial charge is 0.132 e. The van der Waals surface area contributed by atoms with Crippen LogP contribution in [-0.2, 0) is 0 Å². The van der Waals surface area contributed by atoms with E-state index in [1.165, 1.54) is 0 Å². The summed E-state index contributed by atoms with van der Waals surface area (Å²) < 4.78 is 0. The summed E-state index contributed by atoms with van der Waals surface area (Å²) in [6, 6.07) is 4.09. The van der Waals surface area contributed by atoms with Gasteiger partial charge in [0.15, 0.2) is 0 Å². The lowest BCUT2D eigenvalue weighted by molar-refractivity contribution is 0.556. The van der Waals surface area contributed by atoms with Crippen LogP contribution in [-0.4, -0.2) is 35.9 Å². The molecule has 0 saturated carbocycles. The molecule has 0 saturated heterocycles. The van der Waals surface area contributed by atoms with E-state index in [4.69, 9.17) is 0 Å². The van der Waals surface area contributed by atoms with Gasteiger partial charge in [-0.3, -0.25) is 9.98 Å². The average molecular weight is 175 g/mol. The van der Waals surface area contributed by atoms with Gasteiger partial charge >= 0.3 is 0 Å². The normalized spacial score (nSPS) is 16.2. The van der Waals surface area contributed by atoms with E-state index in [0.717, 1.165) is 30.2 Å². The zero-order chi connectivity index (χ0) is 9.26. The Morgan fingerprint density at radius 2 is 2.23 bits per heavy atom. The van der Waals surface area contributed by atoms with Crippen molar-refractivity contribution in [3.05, 3.63) is 29.6 Å². The predicted octanol–water partition coefficient (Wildman–Crippen LogP) is 1.08. The predicted molar refractivity (Wildman–Crippen MR) is 53.0 cm³/mol. The average Bonchev–Trinajstić information content (AvgIpc) is 2.53. The number of hydrogen-bond donors (Lipinski definition) is 0. The molecule has 13 heavy (non-hydrogen) atoms. The zero-order valence-electron chi connectivity index (χ0n) is 7.99. The summed E-state index contributed by atoms with van der Waals surface area (Å²) in [4.78, 5) is 10.8. The first-order chi connectivity index (χ1) is 6.27. The van der Waals surface area contributed by atoms with Crippen LogP contribution in [0.3, 0.4) is 0 Å². The second-order valence-electron chi connectivity index (χ2n) is 3.32. The Morgan fingerprint density at radius 3 is 2.77 bits per heavy atom. The van der Waals surface area contributed by atoms with E-state index < -0.39 is 0 Å². The number of likely N-dealkylation sites (N-methyl/N-ethyl adjacent to an activating group) is 1. The van der Waals surface area contributed by atoms with E-state index in [0.29, 0.717) is 0 Å². The molecule has 3 nitrogen and oxygen atoms in total. The highest BCUT2D eigenvalue weighted by Crippen LogP contribution is 2.08. The lowest BCUT2D eigenvalue weighted by Crippen LogP contribution is -2.23. The zero-order valence-corrected chi connectivity index (χ0v) is 7.99. The molecule has 0 amide bonds. The van der Waals surface area contributed by atoms with Gasteiger partial charge in [-0.2, -0.15) is 0 Å². The number of hydrogen-bond acceptors (Lipinski definition) is 3. The van der Waals surface area contributed by atoms with Crippen molar-refractivity contribution < 1.29 is 0 Å². The van der Waals surface area contributed by atoms with Crippen molar-refractivity contribution >= 4 is 5.84 Å². The van der Waals surface area contributed by atoms with Crippen LogP contribution in [0.1, 0.15) is 11.3 Å². The molecule has 1 aliphatic heterocycles. The van der Waals surface area contributed by atoms with Crippen molar-refractivity contribution in [1.29, 1.82) is 0 Å². The number of aryl methyl sites for hydroxylation is 1. The molecule has 1 aromatic heterocycles. The van der Waals surface area contributed by atoms with Crippen LogP contribution < -0.4 is 0 Å². The minimum Gasteiger partial charge on any atom is -0.358 e. The molecule has 0 aliphatic carbocycles. The third kappa shape index (κ3) is 1.54. The topological polar surface area (TPSA) is 28.5 Å². The third-order valence-corrected chi connectivity index (χ3v) is 2.23. The summed E-state index contributed by atoms with van der Waals surface area (Å²) in [5.74, 6) is 1.06. The van der Waals surface area contributed by atoms with Crippen molar-refractivity contribution in [3.63, 3.8) is 0 Å². The van der Waals surface area contributed by atoms with Gasteiger partial charge in [0.25, 0.3) is 0 Å². The standard InChI is InChI=1S/C10H13N3/c1-8-3-4-9(7-12-8)10-11-5-6-13(10)2/h3-4,7H,5-6H2,1-2H3. The monoisotopic (exact) mass is 175 g/mol. The van der Waals surface area contributed by atoms with E-state index >= 15 is 0 Å². The molecule has 0 atom stereocenters. The molecule has 2 heterocycles. The van der Waals surface area contributed by atoms with Crippen LogP contribution in [0.2, 0.25) is 0 Å². The van der Waals surface area contributed by atoms with Gasteiger partial charge in [0.1, 0.15) is 5.84 Å². The highest BCUT2D eigenvalue weighted by molar-refractivity contribution is 5.99. The molecule has 0 bridgehead atoms. The van der Waals surface area contributed by atoms with Gasteiger partial charge < -0.3 is 4.90 Å². The molecular weight excluding hydrogens is 162 g/mol. The third-order valence-electron chi connectivity index (χ3n) is 2.23. The lowest BCUT2D eigenvalue weighted by atomic mass is 10.2. The van der Waals surface area contributed by atoms with E-state index in [2.05, 4.69) is 28.0 Å². The highest BCUT2D eigenvalue weighted by atomic mass is 15.2. The van der Waals surface area contributed by atoms with E-state index in [1.807, 2.05) is 19.2 Å². The van der Waals surface area contributed by atoms with Gasteiger partial charge in [-0.25, -0.2) is 0 Å². The number of aromatic nitrogens is 1. The maximum atomic E-state index is 4.42. The fourth-order valence-electron chi connectivity index (χ4n) is 1.44. The van der Waals surface area contributed by atoms with Gasteiger partial charge in [-0.1, -0.05) is 0 Å². The summed E-state index contributed by atoms with van der Waals surface area (Å²) >= 11 is 0. The van der Waals surface area contributed by atoms with Crippen molar-refractivity contribution in [3.8, 4) is 0 Å². The Morgan fingerprint density at radius 1 is 1.38 bits per heavy atom. The van der Waals surface area contributed by atoms with E-state index in [1.54, 1.807) is 0 Å².